The molecule has 1 aromatic rings. The molecular formula is C13H19F2N. The van der Waals surface area contributed by atoms with Crippen molar-refractivity contribution in [2.24, 2.45) is 0 Å². The van der Waals surface area contributed by atoms with Gasteiger partial charge in [0.1, 0.15) is 0 Å². The Morgan fingerprint density at radius 1 is 1.00 bits per heavy atom. The molecule has 0 aliphatic heterocycles. The van der Waals surface area contributed by atoms with Gasteiger partial charge in [0, 0.05) is 5.56 Å². The van der Waals surface area contributed by atoms with Crippen LogP contribution in [-0.4, -0.2) is 13.6 Å². The average Bonchev–Trinajstić information content (AvgIpc) is 2.16. The first kappa shape index (κ1) is 13.1. The zero-order chi connectivity index (χ0) is 12.4. The third-order valence-corrected chi connectivity index (χ3v) is 2.57. The first-order valence-corrected chi connectivity index (χ1v) is 5.41. The summed E-state index contributed by atoms with van der Waals surface area (Å²) in [6.07, 6.45) is 0. The summed E-state index contributed by atoms with van der Waals surface area (Å²) in [6, 6.07) is 6.58. The molecule has 1 N–H and O–H groups in total. The minimum Gasteiger partial charge on any atom is -0.314 e. The van der Waals surface area contributed by atoms with Crippen LogP contribution in [0.4, 0.5) is 8.78 Å². The van der Waals surface area contributed by atoms with Crippen LogP contribution in [0.2, 0.25) is 0 Å². The van der Waals surface area contributed by atoms with Crippen molar-refractivity contribution < 1.29 is 8.78 Å². The first-order chi connectivity index (χ1) is 7.27. The van der Waals surface area contributed by atoms with Crippen molar-refractivity contribution in [3.8, 4) is 0 Å². The smallest absolute Gasteiger partial charge is 0.285 e. The highest BCUT2D eigenvalue weighted by molar-refractivity contribution is 5.30. The topological polar surface area (TPSA) is 12.0 Å². The van der Waals surface area contributed by atoms with E-state index in [0.717, 1.165) is 5.56 Å². The molecule has 0 saturated heterocycles. The number of hydrogen-bond acceptors (Lipinski definition) is 1. The van der Waals surface area contributed by atoms with Crippen molar-refractivity contribution >= 4 is 0 Å². The van der Waals surface area contributed by atoms with Gasteiger partial charge in [0.25, 0.3) is 5.92 Å². The van der Waals surface area contributed by atoms with E-state index in [2.05, 4.69) is 26.1 Å². The van der Waals surface area contributed by atoms with Gasteiger partial charge in [0.2, 0.25) is 0 Å². The largest absolute Gasteiger partial charge is 0.314 e. The fourth-order valence-corrected chi connectivity index (χ4v) is 1.54. The van der Waals surface area contributed by atoms with E-state index in [1.807, 2.05) is 0 Å². The molecule has 1 aromatic carbocycles. The molecule has 0 spiro atoms. The molecule has 0 atom stereocenters. The van der Waals surface area contributed by atoms with Gasteiger partial charge in [-0.1, -0.05) is 45.0 Å². The van der Waals surface area contributed by atoms with Crippen LogP contribution < -0.4 is 5.32 Å². The Balaban J connectivity index is 2.95. The van der Waals surface area contributed by atoms with Gasteiger partial charge in [0.05, 0.1) is 6.54 Å². The summed E-state index contributed by atoms with van der Waals surface area (Å²) in [7, 11) is 1.53. The highest BCUT2D eigenvalue weighted by atomic mass is 19.3. The number of likely N-dealkylation sites (N-methyl/N-ethyl adjacent to an activating group) is 1. The van der Waals surface area contributed by atoms with E-state index in [-0.39, 0.29) is 17.5 Å². The third-order valence-electron chi connectivity index (χ3n) is 2.57. The van der Waals surface area contributed by atoms with E-state index < -0.39 is 5.92 Å². The SMILES string of the molecule is CNCC(F)(F)c1ccc(C(C)(C)C)cc1. The summed E-state index contributed by atoms with van der Waals surface area (Å²) in [4.78, 5) is 0. The zero-order valence-electron chi connectivity index (χ0n) is 10.3. The molecule has 1 nitrogen and oxygen atoms in total. The predicted octanol–water partition coefficient (Wildman–Crippen LogP) is 3.30. The minimum absolute atomic E-state index is 0.00315. The zero-order valence-corrected chi connectivity index (χ0v) is 10.3. The second-order valence-corrected chi connectivity index (χ2v) is 5.06. The maximum atomic E-state index is 13.5. The molecule has 0 fully saturated rings. The second kappa shape index (κ2) is 4.50. The highest BCUT2D eigenvalue weighted by Gasteiger charge is 2.30. The van der Waals surface area contributed by atoms with Crippen molar-refractivity contribution in [3.63, 3.8) is 0 Å². The Morgan fingerprint density at radius 2 is 1.44 bits per heavy atom. The maximum absolute atomic E-state index is 13.5. The lowest BCUT2D eigenvalue weighted by Crippen LogP contribution is -2.28. The number of benzene rings is 1. The average molecular weight is 227 g/mol. The van der Waals surface area contributed by atoms with Gasteiger partial charge in [-0.3, -0.25) is 0 Å². The molecule has 0 amide bonds. The Kier molecular flexibility index (Phi) is 3.68. The Labute approximate surface area is 95.9 Å². The normalized spacial score (nSPS) is 12.9. The molecule has 16 heavy (non-hydrogen) atoms. The van der Waals surface area contributed by atoms with E-state index in [0.29, 0.717) is 0 Å². The van der Waals surface area contributed by atoms with Crippen LogP contribution in [0.15, 0.2) is 24.3 Å². The molecule has 0 saturated carbocycles. The fourth-order valence-electron chi connectivity index (χ4n) is 1.54. The number of hydrogen-bond donors (Lipinski definition) is 1. The molecule has 0 aliphatic rings. The Hall–Kier alpha value is -0.960. The summed E-state index contributed by atoms with van der Waals surface area (Å²) in [5.41, 5.74) is 1.13. The molecule has 0 aromatic heterocycles. The van der Waals surface area contributed by atoms with Gasteiger partial charge in [-0.2, -0.15) is 8.78 Å². The fraction of sp³-hybridized carbons (Fsp3) is 0.538. The maximum Gasteiger partial charge on any atom is 0.285 e. The number of halogens is 2. The number of alkyl halides is 2. The van der Waals surface area contributed by atoms with Crippen LogP contribution in [-0.2, 0) is 11.3 Å². The molecule has 0 bridgehead atoms. The van der Waals surface area contributed by atoms with Crippen molar-refractivity contribution in [1.29, 1.82) is 0 Å². The van der Waals surface area contributed by atoms with Gasteiger partial charge in [-0.05, 0) is 18.0 Å². The van der Waals surface area contributed by atoms with E-state index >= 15 is 0 Å². The summed E-state index contributed by atoms with van der Waals surface area (Å²) < 4.78 is 27.0. The Bertz CT molecular complexity index is 336. The van der Waals surface area contributed by atoms with Crippen LogP contribution in [0, 0.1) is 0 Å². The lowest BCUT2D eigenvalue weighted by Gasteiger charge is -2.21. The number of rotatable bonds is 3. The van der Waals surface area contributed by atoms with E-state index in [1.165, 1.54) is 19.2 Å². The van der Waals surface area contributed by atoms with Crippen molar-refractivity contribution in [2.45, 2.75) is 32.1 Å². The molecule has 0 radical (unpaired) electrons. The second-order valence-electron chi connectivity index (χ2n) is 5.06. The van der Waals surface area contributed by atoms with Crippen LogP contribution in [0.3, 0.4) is 0 Å². The van der Waals surface area contributed by atoms with Crippen LogP contribution >= 0.6 is 0 Å². The lowest BCUT2D eigenvalue weighted by molar-refractivity contribution is -0.00128. The molecule has 90 valence electrons. The van der Waals surface area contributed by atoms with Crippen LogP contribution in [0.5, 0.6) is 0 Å². The van der Waals surface area contributed by atoms with E-state index in [4.69, 9.17) is 0 Å². The highest BCUT2D eigenvalue weighted by Crippen LogP contribution is 2.29. The van der Waals surface area contributed by atoms with Gasteiger partial charge in [-0.25, -0.2) is 0 Å². The molecular weight excluding hydrogens is 208 g/mol. The molecule has 0 unspecified atom stereocenters. The minimum atomic E-state index is -2.80. The van der Waals surface area contributed by atoms with E-state index in [9.17, 15) is 8.78 Å². The summed E-state index contributed by atoms with van der Waals surface area (Å²) in [5, 5.41) is 2.50. The Morgan fingerprint density at radius 3 is 1.81 bits per heavy atom. The van der Waals surface area contributed by atoms with Crippen molar-refractivity contribution in [3.05, 3.63) is 35.4 Å². The van der Waals surface area contributed by atoms with E-state index in [1.54, 1.807) is 12.1 Å². The quantitative estimate of drug-likeness (QED) is 0.835. The lowest BCUT2D eigenvalue weighted by atomic mass is 9.86. The van der Waals surface area contributed by atoms with Gasteiger partial charge in [-0.15, -0.1) is 0 Å². The van der Waals surface area contributed by atoms with Gasteiger partial charge >= 0.3 is 0 Å². The molecule has 3 heteroatoms. The first-order valence-electron chi connectivity index (χ1n) is 5.41. The summed E-state index contributed by atoms with van der Waals surface area (Å²) >= 11 is 0. The third kappa shape index (κ3) is 3.01. The molecule has 1 rings (SSSR count). The van der Waals surface area contributed by atoms with Crippen LogP contribution in [0.1, 0.15) is 31.9 Å². The summed E-state index contributed by atoms with van der Waals surface area (Å²) in [6.45, 7) is 5.86. The molecule has 0 heterocycles. The molecule has 0 aliphatic carbocycles. The van der Waals surface area contributed by atoms with Crippen molar-refractivity contribution in [1.82, 2.24) is 5.32 Å². The predicted molar refractivity (Wildman–Crippen MR) is 63.0 cm³/mol. The van der Waals surface area contributed by atoms with Crippen LogP contribution in [0.25, 0.3) is 0 Å². The standard InChI is InChI=1S/C13H19F2N/c1-12(2,3)10-5-7-11(8-6-10)13(14,15)9-16-4/h5-8,16H,9H2,1-4H3. The summed E-state index contributed by atoms with van der Waals surface area (Å²) in [5.74, 6) is -2.80. The monoisotopic (exact) mass is 227 g/mol. The van der Waals surface area contributed by atoms with Gasteiger partial charge < -0.3 is 5.32 Å². The van der Waals surface area contributed by atoms with Crippen molar-refractivity contribution in [2.75, 3.05) is 13.6 Å². The number of nitrogens with one attached hydrogen (secondary N) is 1. The van der Waals surface area contributed by atoms with Gasteiger partial charge in [0.15, 0.2) is 0 Å².